The minimum atomic E-state index is 0.782. The van der Waals surface area contributed by atoms with Crippen molar-refractivity contribution in [3.63, 3.8) is 0 Å². The summed E-state index contributed by atoms with van der Waals surface area (Å²) >= 11 is 0. The SMILES string of the molecule is NCC1CCC2(CCCC2)C1. The second kappa shape index (κ2) is 2.78. The van der Waals surface area contributed by atoms with Crippen molar-refractivity contribution in [3.8, 4) is 0 Å². The third-order valence-electron chi connectivity index (χ3n) is 3.80. The van der Waals surface area contributed by atoms with Crippen LogP contribution in [0.25, 0.3) is 0 Å². The molecule has 2 N–H and O–H groups in total. The van der Waals surface area contributed by atoms with Gasteiger partial charge in [0.15, 0.2) is 0 Å². The van der Waals surface area contributed by atoms with E-state index in [1.165, 1.54) is 44.9 Å². The molecule has 0 aromatic rings. The second-order valence-corrected chi connectivity index (χ2v) is 4.55. The van der Waals surface area contributed by atoms with E-state index in [0.717, 1.165) is 17.9 Å². The van der Waals surface area contributed by atoms with Crippen molar-refractivity contribution in [2.45, 2.75) is 44.9 Å². The van der Waals surface area contributed by atoms with Gasteiger partial charge in [0.1, 0.15) is 0 Å². The lowest BCUT2D eigenvalue weighted by Crippen LogP contribution is -2.15. The molecule has 1 nitrogen and oxygen atoms in total. The van der Waals surface area contributed by atoms with Crippen LogP contribution in [0.1, 0.15) is 44.9 Å². The molecule has 0 radical (unpaired) electrons. The average Bonchev–Trinajstić information content (AvgIpc) is 2.62. The van der Waals surface area contributed by atoms with E-state index in [9.17, 15) is 0 Å². The number of nitrogens with two attached hydrogens (primary N) is 1. The van der Waals surface area contributed by atoms with Gasteiger partial charge in [-0.25, -0.2) is 0 Å². The highest BCUT2D eigenvalue weighted by atomic mass is 14.6. The second-order valence-electron chi connectivity index (χ2n) is 4.55. The van der Waals surface area contributed by atoms with Crippen LogP contribution in [0.5, 0.6) is 0 Å². The summed E-state index contributed by atoms with van der Waals surface area (Å²) in [5.41, 5.74) is 6.47. The van der Waals surface area contributed by atoms with Gasteiger partial charge in [-0.3, -0.25) is 0 Å². The van der Waals surface area contributed by atoms with Gasteiger partial charge in [0.2, 0.25) is 0 Å². The van der Waals surface area contributed by atoms with Crippen LogP contribution in [-0.4, -0.2) is 6.54 Å². The summed E-state index contributed by atoms with van der Waals surface area (Å²) in [7, 11) is 0. The summed E-state index contributed by atoms with van der Waals surface area (Å²) in [5.74, 6) is 0.869. The first-order valence-electron chi connectivity index (χ1n) is 5.05. The molecule has 2 aliphatic rings. The fourth-order valence-electron chi connectivity index (χ4n) is 3.11. The van der Waals surface area contributed by atoms with E-state index in [1.807, 2.05) is 0 Å². The Morgan fingerprint density at radius 1 is 1.18 bits per heavy atom. The molecular weight excluding hydrogens is 134 g/mol. The maximum Gasteiger partial charge on any atom is -0.00487 e. The van der Waals surface area contributed by atoms with Crippen LogP contribution in [0.4, 0.5) is 0 Å². The summed E-state index contributed by atoms with van der Waals surface area (Å²) in [4.78, 5) is 0. The van der Waals surface area contributed by atoms with Crippen LogP contribution in [0.2, 0.25) is 0 Å². The molecule has 0 aromatic carbocycles. The van der Waals surface area contributed by atoms with Crippen LogP contribution >= 0.6 is 0 Å². The third kappa shape index (κ3) is 1.31. The van der Waals surface area contributed by atoms with Crippen LogP contribution in [0.3, 0.4) is 0 Å². The number of hydrogen-bond donors (Lipinski definition) is 1. The lowest BCUT2D eigenvalue weighted by molar-refractivity contribution is 0.295. The van der Waals surface area contributed by atoms with Gasteiger partial charge in [0, 0.05) is 0 Å². The first-order chi connectivity index (χ1) is 5.35. The summed E-state index contributed by atoms with van der Waals surface area (Å²) < 4.78 is 0. The maximum absolute atomic E-state index is 5.68. The Balaban J connectivity index is 1.96. The third-order valence-corrected chi connectivity index (χ3v) is 3.80. The van der Waals surface area contributed by atoms with Gasteiger partial charge in [-0.05, 0) is 50.0 Å². The van der Waals surface area contributed by atoms with E-state index in [0.29, 0.717) is 0 Å². The van der Waals surface area contributed by atoms with Crippen molar-refractivity contribution < 1.29 is 0 Å². The summed E-state index contributed by atoms with van der Waals surface area (Å²) in [6.45, 7) is 0.932. The van der Waals surface area contributed by atoms with E-state index < -0.39 is 0 Å². The molecule has 1 spiro atoms. The number of rotatable bonds is 1. The minimum absolute atomic E-state index is 0.782. The normalized spacial score (nSPS) is 35.2. The highest BCUT2D eigenvalue weighted by molar-refractivity contribution is 4.92. The topological polar surface area (TPSA) is 26.0 Å². The largest absolute Gasteiger partial charge is 0.330 e. The zero-order chi connectivity index (χ0) is 7.73. The zero-order valence-corrected chi connectivity index (χ0v) is 7.31. The first-order valence-corrected chi connectivity index (χ1v) is 5.05. The standard InChI is InChI=1S/C10H19N/c11-8-9-3-6-10(7-9)4-1-2-5-10/h9H,1-8,11H2. The zero-order valence-electron chi connectivity index (χ0n) is 7.31. The Kier molecular flexibility index (Phi) is 1.92. The van der Waals surface area contributed by atoms with Gasteiger partial charge in [0.25, 0.3) is 0 Å². The molecule has 0 aromatic heterocycles. The molecule has 0 saturated heterocycles. The molecular formula is C10H19N. The van der Waals surface area contributed by atoms with Gasteiger partial charge < -0.3 is 5.73 Å². The summed E-state index contributed by atoms with van der Waals surface area (Å²) in [5, 5.41) is 0. The predicted octanol–water partition coefficient (Wildman–Crippen LogP) is 2.31. The number of hydrogen-bond acceptors (Lipinski definition) is 1. The van der Waals surface area contributed by atoms with Crippen molar-refractivity contribution in [3.05, 3.63) is 0 Å². The molecule has 1 unspecified atom stereocenters. The molecule has 0 bridgehead atoms. The van der Waals surface area contributed by atoms with Crippen LogP contribution in [0.15, 0.2) is 0 Å². The van der Waals surface area contributed by atoms with E-state index in [2.05, 4.69) is 0 Å². The molecule has 64 valence electrons. The van der Waals surface area contributed by atoms with Crippen molar-refractivity contribution in [2.24, 2.45) is 17.1 Å². The molecule has 1 heteroatoms. The Morgan fingerprint density at radius 3 is 2.45 bits per heavy atom. The smallest absolute Gasteiger partial charge is 0.00487 e. The molecule has 0 amide bonds. The van der Waals surface area contributed by atoms with Crippen LogP contribution in [-0.2, 0) is 0 Å². The lowest BCUT2D eigenvalue weighted by Gasteiger charge is -2.22. The highest BCUT2D eigenvalue weighted by Gasteiger charge is 2.40. The van der Waals surface area contributed by atoms with Gasteiger partial charge in [-0.15, -0.1) is 0 Å². The predicted molar refractivity (Wildman–Crippen MR) is 47.3 cm³/mol. The van der Waals surface area contributed by atoms with Gasteiger partial charge in [-0.2, -0.15) is 0 Å². The van der Waals surface area contributed by atoms with Crippen molar-refractivity contribution in [1.82, 2.24) is 0 Å². The molecule has 0 heterocycles. The van der Waals surface area contributed by atoms with Crippen molar-refractivity contribution in [2.75, 3.05) is 6.54 Å². The quantitative estimate of drug-likeness (QED) is 0.614. The summed E-state index contributed by atoms with van der Waals surface area (Å²) in [6, 6.07) is 0. The molecule has 2 rings (SSSR count). The Bertz CT molecular complexity index is 136. The van der Waals surface area contributed by atoms with Gasteiger partial charge in [-0.1, -0.05) is 12.8 Å². The Hall–Kier alpha value is -0.0400. The van der Waals surface area contributed by atoms with E-state index in [1.54, 1.807) is 0 Å². The maximum atomic E-state index is 5.68. The Labute approximate surface area is 69.4 Å². The molecule has 2 fully saturated rings. The van der Waals surface area contributed by atoms with Gasteiger partial charge >= 0.3 is 0 Å². The van der Waals surface area contributed by atoms with Crippen molar-refractivity contribution >= 4 is 0 Å². The highest BCUT2D eigenvalue weighted by Crippen LogP contribution is 2.52. The van der Waals surface area contributed by atoms with E-state index >= 15 is 0 Å². The average molecular weight is 153 g/mol. The summed E-state index contributed by atoms with van der Waals surface area (Å²) in [6.07, 6.45) is 10.3. The Morgan fingerprint density at radius 2 is 1.91 bits per heavy atom. The van der Waals surface area contributed by atoms with Crippen molar-refractivity contribution in [1.29, 1.82) is 0 Å². The fourth-order valence-corrected chi connectivity index (χ4v) is 3.11. The molecule has 0 aliphatic heterocycles. The lowest BCUT2D eigenvalue weighted by atomic mass is 9.84. The molecule has 2 saturated carbocycles. The molecule has 2 aliphatic carbocycles. The minimum Gasteiger partial charge on any atom is -0.330 e. The van der Waals surface area contributed by atoms with Gasteiger partial charge in [0.05, 0.1) is 0 Å². The van der Waals surface area contributed by atoms with Crippen LogP contribution in [0, 0.1) is 11.3 Å². The van der Waals surface area contributed by atoms with Crippen LogP contribution < -0.4 is 5.73 Å². The first kappa shape index (κ1) is 7.60. The van der Waals surface area contributed by atoms with E-state index in [-0.39, 0.29) is 0 Å². The van der Waals surface area contributed by atoms with E-state index in [4.69, 9.17) is 5.73 Å². The monoisotopic (exact) mass is 153 g/mol. The molecule has 11 heavy (non-hydrogen) atoms. The fraction of sp³-hybridized carbons (Fsp3) is 1.00. The molecule has 1 atom stereocenters.